The van der Waals surface area contributed by atoms with Gasteiger partial charge in [0.05, 0.1) is 7.11 Å². The van der Waals surface area contributed by atoms with Crippen LogP contribution >= 0.6 is 0 Å². The molecule has 1 aromatic rings. The smallest absolute Gasteiger partial charge is 0.319 e. The number of urea groups is 1. The van der Waals surface area contributed by atoms with Crippen molar-refractivity contribution in [1.29, 1.82) is 0 Å². The maximum Gasteiger partial charge on any atom is 0.319 e. The van der Waals surface area contributed by atoms with Crippen LogP contribution in [-0.4, -0.2) is 42.2 Å². The summed E-state index contributed by atoms with van der Waals surface area (Å²) in [5.41, 5.74) is 0.798. The number of nitrogens with one attached hydrogen (secondary N) is 2. The Hall–Kier alpha value is -1.75. The molecule has 0 unspecified atom stereocenters. The molecule has 3 fully saturated rings. The number of nitrogens with zero attached hydrogens (tertiary/aromatic N) is 1. The summed E-state index contributed by atoms with van der Waals surface area (Å²) in [5.74, 6) is 0.795. The van der Waals surface area contributed by atoms with E-state index in [-0.39, 0.29) is 6.03 Å². The molecule has 0 aromatic heterocycles. The van der Waals surface area contributed by atoms with Crippen LogP contribution in [0.4, 0.5) is 10.5 Å². The fraction of sp³-hybridized carbons (Fsp3) is 0.667. The Kier molecular flexibility index (Phi) is 5.34. The monoisotopic (exact) mass is 357 g/mol. The Morgan fingerprint density at radius 1 is 0.962 bits per heavy atom. The minimum Gasteiger partial charge on any atom is -0.497 e. The van der Waals surface area contributed by atoms with Gasteiger partial charge in [-0.1, -0.05) is 19.3 Å². The number of piperidine rings is 2. The molecule has 2 saturated heterocycles. The van der Waals surface area contributed by atoms with Crippen LogP contribution in [0.1, 0.15) is 57.8 Å². The van der Waals surface area contributed by atoms with Crippen LogP contribution in [0.5, 0.6) is 5.75 Å². The topological polar surface area (TPSA) is 53.6 Å². The number of methoxy groups -OCH3 is 1. The zero-order valence-electron chi connectivity index (χ0n) is 15.7. The number of benzene rings is 1. The van der Waals surface area contributed by atoms with Crippen molar-refractivity contribution in [3.63, 3.8) is 0 Å². The number of amides is 2. The number of anilines is 1. The predicted molar refractivity (Wildman–Crippen MR) is 104 cm³/mol. The van der Waals surface area contributed by atoms with Gasteiger partial charge in [0.2, 0.25) is 0 Å². The zero-order chi connectivity index (χ0) is 17.9. The van der Waals surface area contributed by atoms with Crippen LogP contribution in [0.15, 0.2) is 24.3 Å². The Bertz CT molecular complexity index is 598. The van der Waals surface area contributed by atoms with Crippen molar-refractivity contribution < 1.29 is 9.53 Å². The number of hydrogen-bond acceptors (Lipinski definition) is 3. The highest BCUT2D eigenvalue weighted by atomic mass is 16.5. The van der Waals surface area contributed by atoms with Crippen molar-refractivity contribution in [2.24, 2.45) is 0 Å². The Morgan fingerprint density at radius 3 is 2.19 bits per heavy atom. The summed E-state index contributed by atoms with van der Waals surface area (Å²) in [5, 5.41) is 6.18. The molecule has 5 heteroatoms. The molecule has 1 aromatic carbocycles. The summed E-state index contributed by atoms with van der Waals surface area (Å²) < 4.78 is 5.16. The molecule has 2 heterocycles. The average molecular weight is 357 g/mol. The van der Waals surface area contributed by atoms with Crippen molar-refractivity contribution >= 4 is 11.7 Å². The van der Waals surface area contributed by atoms with Crippen molar-refractivity contribution in [2.75, 3.05) is 12.4 Å². The van der Waals surface area contributed by atoms with Gasteiger partial charge in [-0.3, -0.25) is 4.90 Å². The number of carbonyl (C=O) groups excluding carboxylic acids is 1. The molecule has 26 heavy (non-hydrogen) atoms. The zero-order valence-corrected chi connectivity index (χ0v) is 15.7. The average Bonchev–Trinajstić information content (AvgIpc) is 3.16. The second kappa shape index (κ2) is 7.87. The first-order valence-corrected chi connectivity index (χ1v) is 10.2. The molecule has 0 radical (unpaired) electrons. The number of hydrogen-bond donors (Lipinski definition) is 2. The lowest BCUT2D eigenvalue weighted by Crippen LogP contribution is -2.59. The SMILES string of the molecule is COc1ccc(NC(=O)NC2C[C@H]3CCC[C@H](C2)N3C2CCCC2)cc1. The highest BCUT2D eigenvalue weighted by molar-refractivity contribution is 5.89. The van der Waals surface area contributed by atoms with E-state index in [9.17, 15) is 4.79 Å². The molecular formula is C21H31N3O2. The van der Waals surface area contributed by atoms with Gasteiger partial charge in [0.25, 0.3) is 0 Å². The van der Waals surface area contributed by atoms with Crippen LogP contribution in [0.3, 0.4) is 0 Å². The van der Waals surface area contributed by atoms with Gasteiger partial charge < -0.3 is 15.4 Å². The predicted octanol–water partition coefficient (Wildman–Crippen LogP) is 4.14. The van der Waals surface area contributed by atoms with E-state index in [0.29, 0.717) is 18.1 Å². The number of rotatable bonds is 4. The van der Waals surface area contributed by atoms with Gasteiger partial charge in [-0.25, -0.2) is 4.79 Å². The molecule has 2 aliphatic heterocycles. The quantitative estimate of drug-likeness (QED) is 0.851. The molecule has 2 bridgehead atoms. The molecule has 1 aliphatic carbocycles. The summed E-state index contributed by atoms with van der Waals surface area (Å²) >= 11 is 0. The van der Waals surface area contributed by atoms with Crippen LogP contribution in [-0.2, 0) is 0 Å². The highest BCUT2D eigenvalue weighted by Crippen LogP contribution is 2.39. The summed E-state index contributed by atoms with van der Waals surface area (Å²) in [6.07, 6.45) is 11.7. The van der Waals surface area contributed by atoms with Gasteiger partial charge in [-0.15, -0.1) is 0 Å². The van der Waals surface area contributed by atoms with E-state index in [1.165, 1.54) is 44.9 Å². The summed E-state index contributed by atoms with van der Waals surface area (Å²) in [4.78, 5) is 15.3. The van der Waals surface area contributed by atoms with Crippen molar-refractivity contribution in [2.45, 2.75) is 82.0 Å². The summed E-state index contributed by atoms with van der Waals surface area (Å²) in [6.45, 7) is 0. The van der Waals surface area contributed by atoms with Gasteiger partial charge in [-0.2, -0.15) is 0 Å². The molecule has 5 nitrogen and oxygen atoms in total. The second-order valence-corrected chi connectivity index (χ2v) is 8.12. The lowest BCUT2D eigenvalue weighted by atomic mass is 9.80. The van der Waals surface area contributed by atoms with Crippen molar-refractivity contribution in [3.8, 4) is 5.75 Å². The molecule has 2 atom stereocenters. The Labute approximate surface area is 156 Å². The Balaban J connectivity index is 1.33. The first-order valence-electron chi connectivity index (χ1n) is 10.2. The molecular weight excluding hydrogens is 326 g/mol. The Morgan fingerprint density at radius 2 is 1.58 bits per heavy atom. The third-order valence-electron chi connectivity index (χ3n) is 6.46. The molecule has 2 amide bonds. The minimum absolute atomic E-state index is 0.0902. The third-order valence-corrected chi connectivity index (χ3v) is 6.46. The van der Waals surface area contributed by atoms with E-state index >= 15 is 0 Å². The maximum atomic E-state index is 12.4. The molecule has 2 N–H and O–H groups in total. The second-order valence-electron chi connectivity index (χ2n) is 8.12. The fourth-order valence-electron chi connectivity index (χ4n) is 5.36. The largest absolute Gasteiger partial charge is 0.497 e. The molecule has 4 rings (SSSR count). The van der Waals surface area contributed by atoms with E-state index < -0.39 is 0 Å². The van der Waals surface area contributed by atoms with E-state index in [1.54, 1.807) is 7.11 Å². The third kappa shape index (κ3) is 3.83. The molecule has 1 saturated carbocycles. The van der Waals surface area contributed by atoms with Gasteiger partial charge in [0.15, 0.2) is 0 Å². The van der Waals surface area contributed by atoms with E-state index in [1.807, 2.05) is 24.3 Å². The number of carbonyl (C=O) groups is 1. The fourth-order valence-corrected chi connectivity index (χ4v) is 5.36. The van der Waals surface area contributed by atoms with Crippen LogP contribution < -0.4 is 15.4 Å². The van der Waals surface area contributed by atoms with E-state index in [0.717, 1.165) is 30.3 Å². The summed E-state index contributed by atoms with van der Waals surface area (Å²) in [7, 11) is 1.64. The lowest BCUT2D eigenvalue weighted by Gasteiger charge is -2.51. The molecule has 3 aliphatic rings. The van der Waals surface area contributed by atoms with Gasteiger partial charge in [-0.05, 0) is 62.8 Å². The first-order chi connectivity index (χ1) is 12.7. The van der Waals surface area contributed by atoms with Crippen LogP contribution in [0.2, 0.25) is 0 Å². The first kappa shape index (κ1) is 17.7. The molecule has 142 valence electrons. The van der Waals surface area contributed by atoms with Gasteiger partial charge in [0, 0.05) is 29.9 Å². The van der Waals surface area contributed by atoms with Crippen LogP contribution in [0, 0.1) is 0 Å². The lowest BCUT2D eigenvalue weighted by molar-refractivity contribution is -0.00680. The normalized spacial score (nSPS) is 29.3. The standard InChI is InChI=1S/C21H31N3O2/c1-26-20-11-9-15(10-12-20)22-21(25)23-16-13-18-7-4-8-19(14-16)24(18)17-5-2-3-6-17/h9-12,16-19H,2-8,13-14H2,1H3,(H2,22,23,25)/t18-,19-/m1/s1. The van der Waals surface area contributed by atoms with Gasteiger partial charge in [0.1, 0.15) is 5.75 Å². The number of fused-ring (bicyclic) bond motifs is 2. The highest BCUT2D eigenvalue weighted by Gasteiger charge is 2.42. The van der Waals surface area contributed by atoms with Crippen molar-refractivity contribution in [3.05, 3.63) is 24.3 Å². The number of ether oxygens (including phenoxy) is 1. The van der Waals surface area contributed by atoms with Gasteiger partial charge >= 0.3 is 6.03 Å². The van der Waals surface area contributed by atoms with E-state index in [2.05, 4.69) is 15.5 Å². The van der Waals surface area contributed by atoms with Crippen molar-refractivity contribution in [1.82, 2.24) is 10.2 Å². The maximum absolute atomic E-state index is 12.4. The molecule has 0 spiro atoms. The minimum atomic E-state index is -0.0902. The van der Waals surface area contributed by atoms with E-state index in [4.69, 9.17) is 4.74 Å². The van der Waals surface area contributed by atoms with Crippen LogP contribution in [0.25, 0.3) is 0 Å². The summed E-state index contributed by atoms with van der Waals surface area (Å²) in [6, 6.07) is 9.80.